The number of amides is 5. The van der Waals surface area contributed by atoms with Crippen molar-refractivity contribution in [3.05, 3.63) is 70.8 Å². The molecule has 1 aromatic carbocycles. The average molecular weight is 953 g/mol. The number of benzene rings is 1. The van der Waals surface area contributed by atoms with Gasteiger partial charge < -0.3 is 34.1 Å². The van der Waals surface area contributed by atoms with Crippen LogP contribution in [0.1, 0.15) is 63.7 Å². The van der Waals surface area contributed by atoms with Gasteiger partial charge in [-0.2, -0.15) is 0 Å². The molecule has 2 fully saturated rings. The van der Waals surface area contributed by atoms with Crippen LogP contribution in [0.3, 0.4) is 0 Å². The Balaban J connectivity index is 1.19. The van der Waals surface area contributed by atoms with Gasteiger partial charge in [-0.25, -0.2) is 15.2 Å². The molecule has 2 N–H and O–H groups in total. The van der Waals surface area contributed by atoms with Gasteiger partial charge in [0.05, 0.1) is 35.3 Å². The van der Waals surface area contributed by atoms with Crippen LogP contribution in [0.15, 0.2) is 54.6 Å². The Kier molecular flexibility index (Phi) is 16.0. The number of methoxy groups -OCH3 is 1. The fourth-order valence-corrected chi connectivity index (χ4v) is 10.5. The SMILES string of the molecule is C=CC(=O)N(C)CCN1CCN(C(=O)N(C)C(C(=O)N[C@H]2Cc3nc(cs3)-c3ccc4c(c3)c(c(-c3cccnc3COC)n4CC)CC(C)(C)COC(=O)[C@@H]3CCCN(N3)C2=O)C(C)C)CC1. The Bertz CT molecular complexity index is 2490. The maximum absolute atomic E-state index is 14.7. The van der Waals surface area contributed by atoms with E-state index in [1.807, 2.05) is 25.3 Å². The number of aryl methyl sites for hydroxylation is 1. The first-order valence-electron chi connectivity index (χ1n) is 23.7. The molecule has 68 heavy (non-hydrogen) atoms. The van der Waals surface area contributed by atoms with Gasteiger partial charge >= 0.3 is 12.0 Å². The monoisotopic (exact) mass is 952 g/mol. The van der Waals surface area contributed by atoms with Crippen molar-refractivity contribution in [2.24, 2.45) is 11.3 Å². The van der Waals surface area contributed by atoms with Gasteiger partial charge in [0, 0.05) is 119 Å². The predicted octanol–water partition coefficient (Wildman–Crippen LogP) is 4.98. The number of rotatable bonds is 12. The molecule has 17 nitrogen and oxygen atoms in total. The van der Waals surface area contributed by atoms with Gasteiger partial charge in [0.25, 0.3) is 5.91 Å². The van der Waals surface area contributed by atoms with Gasteiger partial charge in [-0.1, -0.05) is 40.3 Å². The molecular weight excluding hydrogens is 885 g/mol. The molecular formula is C50H68N10O7S. The number of thiazole rings is 1. The van der Waals surface area contributed by atoms with Crippen molar-refractivity contribution in [1.29, 1.82) is 0 Å². The first-order chi connectivity index (χ1) is 32.5. The number of pyridine rings is 1. The Morgan fingerprint density at radius 3 is 2.59 bits per heavy atom. The number of hydrazine groups is 1. The van der Waals surface area contributed by atoms with Crippen LogP contribution in [0.2, 0.25) is 0 Å². The smallest absolute Gasteiger partial charge is 0.324 e. The summed E-state index contributed by atoms with van der Waals surface area (Å²) >= 11 is 1.41. The predicted molar refractivity (Wildman–Crippen MR) is 262 cm³/mol. The molecule has 0 spiro atoms. The number of ether oxygens (including phenoxy) is 2. The zero-order valence-electron chi connectivity index (χ0n) is 40.9. The molecule has 18 heteroatoms. The molecule has 5 amide bonds. The highest BCUT2D eigenvalue weighted by molar-refractivity contribution is 7.10. The molecule has 3 aromatic heterocycles. The van der Waals surface area contributed by atoms with Crippen molar-refractivity contribution in [2.75, 3.05) is 73.6 Å². The number of aromatic nitrogens is 3. The maximum atomic E-state index is 14.7. The van der Waals surface area contributed by atoms with Crippen LogP contribution in [0.25, 0.3) is 33.4 Å². The second-order valence-electron chi connectivity index (χ2n) is 19.3. The Labute approximate surface area is 403 Å². The standard InChI is InChI=1S/C50H68N10O7S/c1-10-43(61)55(7)20-21-57-22-24-58(25-23-57)49(65)56(8)44(32(3)4)46(62)53-38-27-42-52-40(30-68-42)33-16-17-41-35(26-33)36(45(59(41)11-2)34-14-12-18-51-39(34)29-66-9)28-50(5,6)31-67-48(64)37-15-13-19-60(54-37)47(38)63/h10,12,14,16-18,26,30,32,37-38,44,54H,1,11,13,15,19-25,27-29,31H2,2-9H3,(H,53,62)/t37-,38-,44?/m0/s1. The van der Waals surface area contributed by atoms with E-state index in [0.29, 0.717) is 83.2 Å². The van der Waals surface area contributed by atoms with Crippen LogP contribution < -0.4 is 10.7 Å². The second-order valence-corrected chi connectivity index (χ2v) is 20.2. The fourth-order valence-electron chi connectivity index (χ4n) is 9.66. The summed E-state index contributed by atoms with van der Waals surface area (Å²) in [6.45, 7) is 18.5. The Morgan fingerprint density at radius 1 is 1.12 bits per heavy atom. The number of nitrogens with zero attached hydrogens (tertiary/aromatic N) is 8. The van der Waals surface area contributed by atoms with Gasteiger partial charge in [0.15, 0.2) is 0 Å². The Hall–Kier alpha value is -5.69. The van der Waals surface area contributed by atoms with E-state index in [4.69, 9.17) is 19.4 Å². The van der Waals surface area contributed by atoms with Gasteiger partial charge in [0.2, 0.25) is 11.8 Å². The lowest BCUT2D eigenvalue weighted by atomic mass is 9.84. The van der Waals surface area contributed by atoms with Crippen molar-refractivity contribution >= 4 is 52.0 Å². The van der Waals surface area contributed by atoms with Crippen LogP contribution in [0, 0.1) is 11.3 Å². The van der Waals surface area contributed by atoms with E-state index in [0.717, 1.165) is 44.7 Å². The minimum Gasteiger partial charge on any atom is -0.464 e. The van der Waals surface area contributed by atoms with Crippen LogP contribution in [0.4, 0.5) is 4.79 Å². The fraction of sp³-hybridized carbons (Fsp3) is 0.540. The van der Waals surface area contributed by atoms with E-state index in [2.05, 4.69) is 71.8 Å². The summed E-state index contributed by atoms with van der Waals surface area (Å²) in [7, 11) is 5.04. The molecule has 7 rings (SSSR count). The van der Waals surface area contributed by atoms with Crippen molar-refractivity contribution in [2.45, 2.75) is 91.6 Å². The molecule has 4 aromatic rings. The van der Waals surface area contributed by atoms with Gasteiger partial charge in [-0.3, -0.25) is 34.1 Å². The third kappa shape index (κ3) is 11.1. The minimum absolute atomic E-state index is 0.0852. The summed E-state index contributed by atoms with van der Waals surface area (Å²) in [5.74, 6) is -1.77. The number of hydrogen-bond donors (Lipinski definition) is 2. The summed E-state index contributed by atoms with van der Waals surface area (Å²) in [5.41, 5.74) is 9.30. The minimum atomic E-state index is -1.07. The van der Waals surface area contributed by atoms with E-state index in [9.17, 15) is 24.0 Å². The van der Waals surface area contributed by atoms with E-state index in [-0.39, 0.29) is 30.9 Å². The van der Waals surface area contributed by atoms with Crippen LogP contribution >= 0.6 is 11.3 Å². The number of hydrogen-bond acceptors (Lipinski definition) is 12. The van der Waals surface area contributed by atoms with E-state index in [1.165, 1.54) is 27.3 Å². The number of carbonyl (C=O) groups is 5. The van der Waals surface area contributed by atoms with E-state index in [1.54, 1.807) is 37.2 Å². The molecule has 0 saturated carbocycles. The molecule has 1 unspecified atom stereocenters. The van der Waals surface area contributed by atoms with Crippen molar-refractivity contribution in [3.8, 4) is 22.5 Å². The number of nitrogens with one attached hydrogen (secondary N) is 2. The first-order valence-corrected chi connectivity index (χ1v) is 24.6. The zero-order chi connectivity index (χ0) is 48.9. The zero-order valence-corrected chi connectivity index (χ0v) is 41.7. The lowest BCUT2D eigenvalue weighted by Crippen LogP contribution is -2.63. The van der Waals surface area contributed by atoms with Crippen molar-refractivity contribution in [1.82, 2.24) is 49.9 Å². The van der Waals surface area contributed by atoms with E-state index >= 15 is 0 Å². The highest BCUT2D eigenvalue weighted by Crippen LogP contribution is 2.41. The van der Waals surface area contributed by atoms with Crippen LogP contribution in [-0.4, -0.2) is 161 Å². The number of likely N-dealkylation sites (N-methyl/N-ethyl adjacent to an activating group) is 2. The number of esters is 1. The molecule has 3 aliphatic rings. The molecule has 2 saturated heterocycles. The summed E-state index contributed by atoms with van der Waals surface area (Å²) < 4.78 is 14.0. The first kappa shape index (κ1) is 50.2. The third-order valence-corrected chi connectivity index (χ3v) is 14.2. The largest absolute Gasteiger partial charge is 0.464 e. The number of fused-ring (bicyclic) bond motifs is 6. The molecule has 0 aliphatic carbocycles. The molecule has 0 radical (unpaired) electrons. The molecule has 3 atom stereocenters. The number of cyclic esters (lactones) is 1. The molecule has 366 valence electrons. The third-order valence-electron chi connectivity index (χ3n) is 13.3. The summed E-state index contributed by atoms with van der Waals surface area (Å²) in [6, 6.07) is 7.37. The molecule has 6 bridgehead atoms. The lowest BCUT2D eigenvalue weighted by Gasteiger charge is -2.40. The van der Waals surface area contributed by atoms with Crippen molar-refractivity contribution < 1.29 is 33.4 Å². The average Bonchev–Trinajstić information content (AvgIpc) is 3.93. The van der Waals surface area contributed by atoms with Gasteiger partial charge in [0.1, 0.15) is 18.1 Å². The second kappa shape index (κ2) is 21.7. The number of urea groups is 1. The normalized spacial score (nSPS) is 19.6. The topological polar surface area (TPSA) is 175 Å². The lowest BCUT2D eigenvalue weighted by molar-refractivity contribution is -0.155. The van der Waals surface area contributed by atoms with Crippen LogP contribution in [0.5, 0.6) is 0 Å². The van der Waals surface area contributed by atoms with E-state index < -0.39 is 41.3 Å². The van der Waals surface area contributed by atoms with Crippen LogP contribution in [-0.2, 0) is 54.6 Å². The molecule has 6 heterocycles. The van der Waals surface area contributed by atoms with Gasteiger partial charge in [-0.05, 0) is 68.0 Å². The van der Waals surface area contributed by atoms with Gasteiger partial charge in [-0.15, -0.1) is 11.3 Å². The summed E-state index contributed by atoms with van der Waals surface area (Å²) in [5, 5.41) is 8.16. The number of carbonyl (C=O) groups excluding carboxylic acids is 5. The quantitative estimate of drug-likeness (QED) is 0.145. The molecule has 3 aliphatic heterocycles. The summed E-state index contributed by atoms with van der Waals surface area (Å²) in [4.78, 5) is 85.9. The number of piperazine rings is 1. The highest BCUT2D eigenvalue weighted by Gasteiger charge is 2.39. The highest BCUT2D eigenvalue weighted by atomic mass is 32.1. The Morgan fingerprint density at radius 2 is 1.88 bits per heavy atom. The summed E-state index contributed by atoms with van der Waals surface area (Å²) in [6.07, 6.45) is 4.76. The van der Waals surface area contributed by atoms with Crippen molar-refractivity contribution in [3.63, 3.8) is 0 Å². The maximum Gasteiger partial charge on any atom is 0.324 e.